The summed E-state index contributed by atoms with van der Waals surface area (Å²) in [4.78, 5) is 26.2. The number of hydrogen-bond acceptors (Lipinski definition) is 5. The number of ether oxygens (including phenoxy) is 1. The van der Waals surface area contributed by atoms with Gasteiger partial charge in [0.25, 0.3) is 0 Å². The van der Waals surface area contributed by atoms with Crippen LogP contribution in [0.4, 0.5) is 10.1 Å². The van der Waals surface area contributed by atoms with Crippen molar-refractivity contribution in [1.82, 2.24) is 4.57 Å². The van der Waals surface area contributed by atoms with Crippen LogP contribution in [0.2, 0.25) is 5.02 Å². The number of pyridine rings is 1. The summed E-state index contributed by atoms with van der Waals surface area (Å²) < 4.78 is 22.7. The van der Waals surface area contributed by atoms with E-state index in [0.29, 0.717) is 41.5 Å². The van der Waals surface area contributed by atoms with Crippen LogP contribution in [0.15, 0.2) is 35.3 Å². The molecule has 10 heteroatoms. The second-order valence-corrected chi connectivity index (χ2v) is 7.62. The van der Waals surface area contributed by atoms with Crippen LogP contribution in [-0.4, -0.2) is 34.8 Å². The minimum atomic E-state index is -1.40. The van der Waals surface area contributed by atoms with E-state index in [1.54, 1.807) is 23.1 Å². The van der Waals surface area contributed by atoms with E-state index in [2.05, 4.69) is 0 Å². The predicted molar refractivity (Wildman–Crippen MR) is 114 cm³/mol. The highest BCUT2D eigenvalue weighted by Gasteiger charge is 2.32. The third kappa shape index (κ3) is 2.91. The Morgan fingerprint density at radius 1 is 1.33 bits per heavy atom. The zero-order valence-electron chi connectivity index (χ0n) is 15.4. The van der Waals surface area contributed by atoms with E-state index in [9.17, 15) is 14.7 Å². The number of carbonyl (C=O) groups is 1. The van der Waals surface area contributed by atoms with Crippen LogP contribution in [0.25, 0.3) is 16.6 Å². The van der Waals surface area contributed by atoms with E-state index in [1.807, 2.05) is 0 Å². The average molecular weight is 452 g/mol. The van der Waals surface area contributed by atoms with Crippen molar-refractivity contribution < 1.29 is 19.0 Å². The van der Waals surface area contributed by atoms with Crippen molar-refractivity contribution >= 4 is 46.6 Å². The fourth-order valence-corrected chi connectivity index (χ4v) is 4.18. The molecule has 1 atom stereocenters. The van der Waals surface area contributed by atoms with E-state index in [4.69, 9.17) is 22.1 Å². The zero-order valence-corrected chi connectivity index (χ0v) is 17.0. The minimum absolute atomic E-state index is 0. The van der Waals surface area contributed by atoms with Gasteiger partial charge in [-0.3, -0.25) is 4.79 Å². The highest BCUT2D eigenvalue weighted by molar-refractivity contribution is 6.30. The van der Waals surface area contributed by atoms with E-state index < -0.39 is 22.8 Å². The van der Waals surface area contributed by atoms with Crippen LogP contribution in [0.5, 0.6) is 11.5 Å². The van der Waals surface area contributed by atoms with Crippen molar-refractivity contribution in [2.75, 3.05) is 18.0 Å². The number of halogens is 3. The summed E-state index contributed by atoms with van der Waals surface area (Å²) in [5.74, 6) is -1.52. The molecule has 2 aliphatic rings. The zero-order chi connectivity index (χ0) is 20.4. The van der Waals surface area contributed by atoms with Crippen molar-refractivity contribution in [3.63, 3.8) is 0 Å². The lowest BCUT2D eigenvalue weighted by Gasteiger charge is -2.29. The number of nitrogens with two attached hydrogens (primary N) is 1. The van der Waals surface area contributed by atoms with Crippen molar-refractivity contribution in [3.05, 3.63) is 57.1 Å². The highest BCUT2D eigenvalue weighted by Crippen LogP contribution is 2.47. The van der Waals surface area contributed by atoms with Crippen molar-refractivity contribution in [3.8, 4) is 17.2 Å². The van der Waals surface area contributed by atoms with Crippen molar-refractivity contribution in [2.45, 2.75) is 12.5 Å². The van der Waals surface area contributed by atoms with Gasteiger partial charge in [0.05, 0.1) is 11.1 Å². The van der Waals surface area contributed by atoms with Gasteiger partial charge in [-0.25, -0.2) is 9.18 Å². The molecule has 2 aliphatic heterocycles. The molecule has 3 heterocycles. The van der Waals surface area contributed by atoms with Gasteiger partial charge in [-0.05, 0) is 30.7 Å². The number of nitrogens with zero attached hydrogens (tertiary/aromatic N) is 2. The Morgan fingerprint density at radius 3 is 2.77 bits per heavy atom. The Kier molecular flexibility index (Phi) is 4.88. The van der Waals surface area contributed by atoms with Gasteiger partial charge in [0.2, 0.25) is 5.43 Å². The summed E-state index contributed by atoms with van der Waals surface area (Å²) in [7, 11) is 0. The van der Waals surface area contributed by atoms with Gasteiger partial charge in [-0.1, -0.05) is 11.6 Å². The van der Waals surface area contributed by atoms with Crippen molar-refractivity contribution in [1.29, 1.82) is 0 Å². The van der Waals surface area contributed by atoms with Crippen LogP contribution < -0.4 is 20.8 Å². The second kappa shape index (κ2) is 7.16. The molecule has 0 bridgehead atoms. The van der Waals surface area contributed by atoms with Gasteiger partial charge in [0.1, 0.15) is 16.8 Å². The quantitative estimate of drug-likeness (QED) is 0.483. The van der Waals surface area contributed by atoms with E-state index in [1.165, 1.54) is 10.8 Å². The monoisotopic (exact) mass is 451 g/mol. The van der Waals surface area contributed by atoms with E-state index in [-0.39, 0.29) is 35.3 Å². The Labute approximate surface area is 180 Å². The number of aromatic carboxylic acids is 1. The third-order valence-corrected chi connectivity index (χ3v) is 5.57. The third-order valence-electron chi connectivity index (χ3n) is 5.33. The maximum absolute atomic E-state index is 15.2. The molecule has 0 spiro atoms. The first-order valence-corrected chi connectivity index (χ1v) is 9.36. The molecular formula is C20H16Cl2FN3O4. The lowest BCUT2D eigenvalue weighted by molar-refractivity contribution is 0.0695. The van der Waals surface area contributed by atoms with Crippen LogP contribution in [0, 0.1) is 5.82 Å². The lowest BCUT2D eigenvalue weighted by Crippen LogP contribution is -2.28. The molecule has 30 heavy (non-hydrogen) atoms. The number of carboxylic acid groups (broad SMARTS) is 1. The first kappa shape index (κ1) is 20.5. The van der Waals surface area contributed by atoms with Gasteiger partial charge in [0, 0.05) is 30.4 Å². The fourth-order valence-electron chi connectivity index (χ4n) is 4.02. The predicted octanol–water partition coefficient (Wildman–Crippen LogP) is 3.55. The maximum Gasteiger partial charge on any atom is 0.341 e. The molecule has 7 nitrogen and oxygen atoms in total. The minimum Gasteiger partial charge on any atom is -0.477 e. The molecule has 0 amide bonds. The number of benzene rings is 2. The van der Waals surface area contributed by atoms with E-state index in [0.717, 1.165) is 6.07 Å². The Morgan fingerprint density at radius 2 is 2.10 bits per heavy atom. The van der Waals surface area contributed by atoms with Gasteiger partial charge < -0.3 is 25.0 Å². The first-order valence-electron chi connectivity index (χ1n) is 8.98. The summed E-state index contributed by atoms with van der Waals surface area (Å²) in [5, 5.41) is 9.81. The molecule has 2 aromatic carbocycles. The molecule has 0 saturated carbocycles. The molecule has 5 rings (SSSR count). The first-order chi connectivity index (χ1) is 13.8. The molecule has 1 fully saturated rings. The molecule has 3 aromatic rings. The fraction of sp³-hybridized carbons (Fsp3) is 0.200. The Bertz CT molecular complexity index is 1280. The number of hydrogen-bond donors (Lipinski definition) is 2. The molecule has 0 aliphatic carbocycles. The molecule has 3 N–H and O–H groups in total. The standard InChI is InChI=1S/C20H15ClFN3O4.ClH/c21-9-1-2-15-14(5-9)25-8-12(20(27)28)18(26)11-6-13(22)17(19(29-15)16(11)25)24-4-3-10(23)7-24;/h1-2,5-6,8,10H,3-4,7,23H2,(H,27,28);1H/t10-;/m0./s1. The second-order valence-electron chi connectivity index (χ2n) is 7.19. The normalized spacial score (nSPS) is 16.8. The van der Waals surface area contributed by atoms with Crippen molar-refractivity contribution in [2.24, 2.45) is 5.73 Å². The molecule has 1 aromatic heterocycles. The summed E-state index contributed by atoms with van der Waals surface area (Å²) in [5.41, 5.74) is 5.72. The lowest BCUT2D eigenvalue weighted by atomic mass is 10.1. The average Bonchev–Trinajstić information content (AvgIpc) is 3.09. The van der Waals surface area contributed by atoms with Gasteiger partial charge in [-0.2, -0.15) is 0 Å². The summed E-state index contributed by atoms with van der Waals surface area (Å²) in [6.07, 6.45) is 1.93. The molecule has 0 unspecified atom stereocenters. The number of fused-ring (bicyclic) bond motifs is 2. The summed E-state index contributed by atoms with van der Waals surface area (Å²) >= 11 is 6.12. The molecular weight excluding hydrogens is 436 g/mol. The SMILES string of the molecule is Cl.N[C@H]1CCN(c2c(F)cc3c(=O)c(C(=O)O)cn4c3c2Oc2ccc(Cl)cc2-4)C1. The Balaban J connectivity index is 0.00000218. The summed E-state index contributed by atoms with van der Waals surface area (Å²) in [6, 6.07) is 5.82. The molecule has 0 radical (unpaired) electrons. The van der Waals surface area contributed by atoms with Crippen LogP contribution in [-0.2, 0) is 0 Å². The largest absolute Gasteiger partial charge is 0.477 e. The van der Waals surface area contributed by atoms with Gasteiger partial charge in [0.15, 0.2) is 17.3 Å². The van der Waals surface area contributed by atoms with Crippen LogP contribution in [0.1, 0.15) is 16.8 Å². The van der Waals surface area contributed by atoms with Crippen LogP contribution in [0.3, 0.4) is 0 Å². The van der Waals surface area contributed by atoms with Gasteiger partial charge in [-0.15, -0.1) is 12.4 Å². The Hall–Kier alpha value is -2.81. The number of rotatable bonds is 2. The summed E-state index contributed by atoms with van der Waals surface area (Å²) in [6.45, 7) is 0.995. The molecule has 156 valence electrons. The van der Waals surface area contributed by atoms with Gasteiger partial charge >= 0.3 is 5.97 Å². The topological polar surface area (TPSA) is 97.8 Å². The smallest absolute Gasteiger partial charge is 0.341 e. The van der Waals surface area contributed by atoms with E-state index >= 15 is 4.39 Å². The molecule has 1 saturated heterocycles. The number of aromatic nitrogens is 1. The highest BCUT2D eigenvalue weighted by atomic mass is 35.5. The van der Waals surface area contributed by atoms with Crippen LogP contribution >= 0.6 is 24.0 Å². The maximum atomic E-state index is 15.2. The number of carboxylic acids is 1. The number of anilines is 1.